The minimum absolute atomic E-state index is 0.351. The van der Waals surface area contributed by atoms with E-state index < -0.39 is 41.6 Å². The quantitative estimate of drug-likeness (QED) is 0.596. The molecule has 1 aliphatic rings. The Hall–Kier alpha value is -1.72. The number of carbonyl (C=O) groups is 3. The van der Waals surface area contributed by atoms with Gasteiger partial charge in [0, 0.05) is 17.8 Å². The van der Waals surface area contributed by atoms with Crippen molar-refractivity contribution in [3.8, 4) is 0 Å². The molecule has 156 valence electrons. The third-order valence-electron chi connectivity index (χ3n) is 4.07. The SMILES string of the molecule is C[C@H](c1nc(Br)cs1)[C@H](NC(=O)OC(C)(C)C)C(=O)N1CCC[C@@H](C(=O)O)N1. The molecule has 3 N–H and O–H groups in total. The Morgan fingerprint density at radius 3 is 2.68 bits per heavy atom. The third kappa shape index (κ3) is 6.14. The largest absolute Gasteiger partial charge is 0.480 e. The molecule has 2 heterocycles. The standard InChI is InChI=1S/C17H25BrN4O5S/c1-9(13-19-11(18)8-28-13)12(20-16(26)27-17(2,3)4)14(23)22-7-5-6-10(21-22)15(24)25/h8-10,12,21H,5-7H2,1-4H3,(H,20,26)(H,24,25)/t9-,10-,12-/m0/s1. The van der Waals surface area contributed by atoms with E-state index in [0.29, 0.717) is 29.0 Å². The van der Waals surface area contributed by atoms with Crippen LogP contribution in [0.4, 0.5) is 4.79 Å². The second kappa shape index (κ2) is 9.19. The van der Waals surface area contributed by atoms with Gasteiger partial charge in [0.05, 0.1) is 5.01 Å². The van der Waals surface area contributed by atoms with Gasteiger partial charge in [-0.15, -0.1) is 11.3 Å². The van der Waals surface area contributed by atoms with E-state index in [9.17, 15) is 19.5 Å². The van der Waals surface area contributed by atoms with Crippen LogP contribution in [0, 0.1) is 0 Å². The molecule has 0 aliphatic carbocycles. The van der Waals surface area contributed by atoms with Crippen molar-refractivity contribution in [2.24, 2.45) is 0 Å². The third-order valence-corrected chi connectivity index (χ3v) is 5.83. The summed E-state index contributed by atoms with van der Waals surface area (Å²) in [5, 5.41) is 15.6. The second-order valence-electron chi connectivity index (χ2n) is 7.57. The highest BCUT2D eigenvalue weighted by molar-refractivity contribution is 9.10. The molecule has 11 heteroatoms. The molecule has 1 fully saturated rings. The average Bonchev–Trinajstić information content (AvgIpc) is 3.03. The van der Waals surface area contributed by atoms with Gasteiger partial charge in [-0.2, -0.15) is 0 Å². The summed E-state index contributed by atoms with van der Waals surface area (Å²) in [5.74, 6) is -1.90. The number of amides is 2. The molecule has 28 heavy (non-hydrogen) atoms. The molecule has 0 bridgehead atoms. The average molecular weight is 477 g/mol. The summed E-state index contributed by atoms with van der Waals surface area (Å²) in [7, 11) is 0. The van der Waals surface area contributed by atoms with E-state index in [0.717, 1.165) is 0 Å². The number of hydrogen-bond donors (Lipinski definition) is 3. The number of carboxylic acids is 1. The van der Waals surface area contributed by atoms with Crippen LogP contribution in [0.15, 0.2) is 9.98 Å². The summed E-state index contributed by atoms with van der Waals surface area (Å²) in [6.07, 6.45) is 0.254. The molecule has 1 aliphatic heterocycles. The molecule has 1 aromatic heterocycles. The van der Waals surface area contributed by atoms with Gasteiger partial charge in [-0.05, 0) is 49.5 Å². The number of carbonyl (C=O) groups excluding carboxylic acids is 2. The van der Waals surface area contributed by atoms with E-state index in [1.165, 1.54) is 16.3 Å². The lowest BCUT2D eigenvalue weighted by atomic mass is 10.0. The Morgan fingerprint density at radius 1 is 1.46 bits per heavy atom. The molecule has 1 saturated heterocycles. The molecule has 0 spiro atoms. The van der Waals surface area contributed by atoms with Crippen molar-refractivity contribution in [2.75, 3.05) is 6.54 Å². The van der Waals surface area contributed by atoms with Gasteiger partial charge < -0.3 is 15.2 Å². The highest BCUT2D eigenvalue weighted by Crippen LogP contribution is 2.27. The molecule has 0 unspecified atom stereocenters. The zero-order valence-corrected chi connectivity index (χ0v) is 18.6. The van der Waals surface area contributed by atoms with Crippen molar-refractivity contribution in [1.29, 1.82) is 0 Å². The fourth-order valence-electron chi connectivity index (χ4n) is 2.74. The number of ether oxygens (including phenoxy) is 1. The number of alkyl carbamates (subject to hydrolysis) is 1. The molecule has 9 nitrogen and oxygen atoms in total. The first-order valence-electron chi connectivity index (χ1n) is 8.88. The summed E-state index contributed by atoms with van der Waals surface area (Å²) in [6.45, 7) is 7.32. The van der Waals surface area contributed by atoms with Crippen molar-refractivity contribution in [1.82, 2.24) is 20.7 Å². The lowest BCUT2D eigenvalue weighted by Gasteiger charge is -2.35. The number of hydrazine groups is 1. The molecule has 2 rings (SSSR count). The first kappa shape index (κ1) is 22.6. The molecule has 1 aromatic rings. The van der Waals surface area contributed by atoms with Crippen LogP contribution < -0.4 is 10.7 Å². The summed E-state index contributed by atoms with van der Waals surface area (Å²) in [6, 6.07) is -1.81. The second-order valence-corrected chi connectivity index (χ2v) is 9.28. The van der Waals surface area contributed by atoms with Crippen LogP contribution >= 0.6 is 27.3 Å². The van der Waals surface area contributed by atoms with Crippen molar-refractivity contribution in [2.45, 2.75) is 64.1 Å². The Balaban J connectivity index is 2.22. The van der Waals surface area contributed by atoms with Gasteiger partial charge in [-0.25, -0.2) is 15.2 Å². The molecular weight excluding hydrogens is 452 g/mol. The van der Waals surface area contributed by atoms with E-state index in [1.807, 2.05) is 0 Å². The first-order valence-corrected chi connectivity index (χ1v) is 10.6. The highest BCUT2D eigenvalue weighted by atomic mass is 79.9. The molecule has 0 aromatic carbocycles. The fraction of sp³-hybridized carbons (Fsp3) is 0.647. The maximum atomic E-state index is 13.2. The van der Waals surface area contributed by atoms with Crippen LogP contribution in [0.25, 0.3) is 0 Å². The maximum absolute atomic E-state index is 13.2. The van der Waals surface area contributed by atoms with Crippen LogP contribution in [0.3, 0.4) is 0 Å². The van der Waals surface area contributed by atoms with E-state index >= 15 is 0 Å². The van der Waals surface area contributed by atoms with E-state index in [4.69, 9.17) is 4.74 Å². The highest BCUT2D eigenvalue weighted by Gasteiger charge is 2.37. The van der Waals surface area contributed by atoms with Crippen molar-refractivity contribution < 1.29 is 24.2 Å². The van der Waals surface area contributed by atoms with Gasteiger partial charge in [-0.1, -0.05) is 6.92 Å². The van der Waals surface area contributed by atoms with Gasteiger partial charge in [0.25, 0.3) is 5.91 Å². The number of nitrogens with one attached hydrogen (secondary N) is 2. The van der Waals surface area contributed by atoms with Crippen LogP contribution in [0.5, 0.6) is 0 Å². The van der Waals surface area contributed by atoms with E-state index in [2.05, 4.69) is 31.7 Å². The van der Waals surface area contributed by atoms with Crippen LogP contribution in [-0.4, -0.2) is 57.3 Å². The smallest absolute Gasteiger partial charge is 0.408 e. The minimum Gasteiger partial charge on any atom is -0.480 e. The van der Waals surface area contributed by atoms with Gasteiger partial charge in [0.15, 0.2) is 0 Å². The number of nitrogens with zero attached hydrogens (tertiary/aromatic N) is 2. The number of aliphatic carboxylic acids is 1. The number of hydrogen-bond acceptors (Lipinski definition) is 7. The van der Waals surface area contributed by atoms with Crippen molar-refractivity contribution in [3.05, 3.63) is 15.0 Å². The van der Waals surface area contributed by atoms with Crippen LogP contribution in [-0.2, 0) is 14.3 Å². The first-order chi connectivity index (χ1) is 13.0. The van der Waals surface area contributed by atoms with Gasteiger partial charge in [0.2, 0.25) is 0 Å². The van der Waals surface area contributed by atoms with Crippen molar-refractivity contribution in [3.63, 3.8) is 0 Å². The van der Waals surface area contributed by atoms with Gasteiger partial charge >= 0.3 is 12.1 Å². The molecule has 0 saturated carbocycles. The number of thiazole rings is 1. The molecule has 3 atom stereocenters. The number of rotatable bonds is 5. The predicted molar refractivity (Wildman–Crippen MR) is 107 cm³/mol. The Labute approximate surface area is 175 Å². The fourth-order valence-corrected chi connectivity index (χ4v) is 4.11. The minimum atomic E-state index is -1.02. The molecule has 0 radical (unpaired) electrons. The topological polar surface area (TPSA) is 121 Å². The van der Waals surface area contributed by atoms with E-state index in [-0.39, 0.29) is 0 Å². The van der Waals surface area contributed by atoms with E-state index in [1.54, 1.807) is 33.1 Å². The summed E-state index contributed by atoms with van der Waals surface area (Å²) in [5.41, 5.74) is 2.01. The zero-order chi connectivity index (χ0) is 21.1. The number of halogens is 1. The predicted octanol–water partition coefficient (Wildman–Crippen LogP) is 2.48. The molecular formula is C17H25BrN4O5S. The van der Waals surface area contributed by atoms with Gasteiger partial charge in [0.1, 0.15) is 22.3 Å². The maximum Gasteiger partial charge on any atom is 0.408 e. The summed E-state index contributed by atoms with van der Waals surface area (Å²) in [4.78, 5) is 41.1. The van der Waals surface area contributed by atoms with Gasteiger partial charge in [-0.3, -0.25) is 14.6 Å². The summed E-state index contributed by atoms with van der Waals surface area (Å²) < 4.78 is 5.94. The Morgan fingerprint density at radius 2 is 2.14 bits per heavy atom. The molecule has 2 amide bonds. The Kier molecular flexibility index (Phi) is 7.40. The van der Waals surface area contributed by atoms with Crippen LogP contribution in [0.1, 0.15) is 51.5 Å². The monoisotopic (exact) mass is 476 g/mol. The van der Waals surface area contributed by atoms with Crippen molar-refractivity contribution >= 4 is 45.2 Å². The Bertz CT molecular complexity index is 735. The zero-order valence-electron chi connectivity index (χ0n) is 16.2. The van der Waals surface area contributed by atoms with Crippen LogP contribution in [0.2, 0.25) is 0 Å². The lowest BCUT2D eigenvalue weighted by Crippen LogP contribution is -2.60. The summed E-state index contributed by atoms with van der Waals surface area (Å²) >= 11 is 4.65. The number of carboxylic acid groups (broad SMARTS) is 1. The lowest BCUT2D eigenvalue weighted by molar-refractivity contribution is -0.148. The number of aromatic nitrogens is 1. The normalized spacial score (nSPS) is 19.6.